The van der Waals surface area contributed by atoms with Crippen LogP contribution in [0.15, 0.2) is 24.3 Å². The predicted octanol–water partition coefficient (Wildman–Crippen LogP) is 1.77. The van der Waals surface area contributed by atoms with E-state index in [1.165, 1.54) is 0 Å². The van der Waals surface area contributed by atoms with Crippen LogP contribution in [-0.2, 0) is 0 Å². The molecule has 1 saturated heterocycles. The Morgan fingerprint density at radius 3 is 2.88 bits per heavy atom. The smallest absolute Gasteiger partial charge is 0.255 e. The van der Waals surface area contributed by atoms with E-state index in [1.54, 1.807) is 17.0 Å². The summed E-state index contributed by atoms with van der Waals surface area (Å²) in [6.45, 7) is 1.84. The van der Waals surface area contributed by atoms with Gasteiger partial charge in [-0.3, -0.25) is 4.79 Å². The summed E-state index contributed by atoms with van der Waals surface area (Å²) in [6, 6.07) is 7.46. The summed E-state index contributed by atoms with van der Waals surface area (Å²) in [7, 11) is 1.84. The fourth-order valence-electron chi connectivity index (χ4n) is 1.96. The van der Waals surface area contributed by atoms with Gasteiger partial charge in [-0.15, -0.1) is 0 Å². The zero-order chi connectivity index (χ0) is 11.5. The molecule has 1 aliphatic rings. The largest absolute Gasteiger partial charge is 0.337 e. The van der Waals surface area contributed by atoms with E-state index in [1.807, 2.05) is 19.2 Å². The van der Waals surface area contributed by atoms with Crippen LogP contribution in [0.25, 0.3) is 0 Å². The molecule has 0 saturated carbocycles. The number of amides is 1. The maximum atomic E-state index is 12.2. The Labute approximate surface area is 100 Å². The number of carbonyl (C=O) groups excluding carboxylic acids is 1. The number of hydrogen-bond donors (Lipinski definition) is 1. The zero-order valence-corrected chi connectivity index (χ0v) is 10.00. The van der Waals surface area contributed by atoms with Crippen molar-refractivity contribution in [2.75, 3.05) is 20.1 Å². The molecule has 1 N–H and O–H groups in total. The van der Waals surface area contributed by atoms with E-state index in [9.17, 15) is 4.79 Å². The quantitative estimate of drug-likeness (QED) is 0.852. The molecular weight excluding hydrogens is 224 g/mol. The van der Waals surface area contributed by atoms with Gasteiger partial charge < -0.3 is 10.2 Å². The fourth-order valence-corrected chi connectivity index (χ4v) is 2.18. The number of hydrogen-bond acceptors (Lipinski definition) is 2. The molecule has 16 heavy (non-hydrogen) atoms. The van der Waals surface area contributed by atoms with Crippen molar-refractivity contribution >= 4 is 17.5 Å². The molecule has 86 valence electrons. The first-order valence-corrected chi connectivity index (χ1v) is 5.80. The van der Waals surface area contributed by atoms with Crippen molar-refractivity contribution in [3.8, 4) is 0 Å². The van der Waals surface area contributed by atoms with Crippen molar-refractivity contribution in [3.05, 3.63) is 34.9 Å². The van der Waals surface area contributed by atoms with Gasteiger partial charge >= 0.3 is 0 Å². The second kappa shape index (κ2) is 4.85. The van der Waals surface area contributed by atoms with Gasteiger partial charge in [-0.25, -0.2) is 0 Å². The van der Waals surface area contributed by atoms with E-state index < -0.39 is 0 Å². The molecule has 1 aromatic carbocycles. The Balaban J connectivity index is 2.15. The first-order chi connectivity index (χ1) is 7.70. The lowest BCUT2D eigenvalue weighted by atomic mass is 10.1. The summed E-state index contributed by atoms with van der Waals surface area (Å²) >= 11 is 6.01. The third-order valence-electron chi connectivity index (χ3n) is 3.01. The predicted molar refractivity (Wildman–Crippen MR) is 64.8 cm³/mol. The van der Waals surface area contributed by atoms with Crippen molar-refractivity contribution in [3.63, 3.8) is 0 Å². The third kappa shape index (κ3) is 2.20. The molecule has 0 aliphatic carbocycles. The molecular formula is C12H15ClN2O. The molecule has 4 heteroatoms. The van der Waals surface area contributed by atoms with Crippen molar-refractivity contribution in [2.45, 2.75) is 12.5 Å². The normalized spacial score (nSPS) is 19.8. The molecule has 1 heterocycles. The maximum absolute atomic E-state index is 12.2. The molecule has 1 amide bonds. The van der Waals surface area contributed by atoms with Crippen LogP contribution in [0.1, 0.15) is 16.8 Å². The van der Waals surface area contributed by atoms with Gasteiger partial charge in [0, 0.05) is 19.6 Å². The molecule has 3 nitrogen and oxygen atoms in total. The standard InChI is InChI=1S/C12H15ClN2O/c1-15(9-6-7-14-8-9)12(16)10-4-2-3-5-11(10)13/h2-5,9,14H,6-8H2,1H3/t9-/m0/s1. The minimum atomic E-state index is -0.000648. The summed E-state index contributed by atoms with van der Waals surface area (Å²) in [5.74, 6) is -0.000648. The van der Waals surface area contributed by atoms with Gasteiger partial charge in [0.05, 0.1) is 10.6 Å². The SMILES string of the molecule is CN(C(=O)c1ccccc1Cl)[C@H]1CCNC1. The Morgan fingerprint density at radius 1 is 1.50 bits per heavy atom. The topological polar surface area (TPSA) is 32.3 Å². The van der Waals surface area contributed by atoms with Crippen LogP contribution in [0.2, 0.25) is 5.02 Å². The number of carbonyl (C=O) groups is 1. The molecule has 1 aliphatic heterocycles. The van der Waals surface area contributed by atoms with Crippen LogP contribution in [0.5, 0.6) is 0 Å². The van der Waals surface area contributed by atoms with Crippen LogP contribution in [0.3, 0.4) is 0 Å². The number of nitrogens with one attached hydrogen (secondary N) is 1. The van der Waals surface area contributed by atoms with Gasteiger partial charge in [-0.05, 0) is 25.1 Å². The first-order valence-electron chi connectivity index (χ1n) is 5.42. The molecule has 0 unspecified atom stereocenters. The van der Waals surface area contributed by atoms with Crippen LogP contribution in [-0.4, -0.2) is 37.0 Å². The van der Waals surface area contributed by atoms with E-state index in [2.05, 4.69) is 5.32 Å². The van der Waals surface area contributed by atoms with Gasteiger partial charge in [0.1, 0.15) is 0 Å². The zero-order valence-electron chi connectivity index (χ0n) is 9.24. The summed E-state index contributed by atoms with van der Waals surface area (Å²) in [5, 5.41) is 3.77. The van der Waals surface area contributed by atoms with Crippen molar-refractivity contribution in [1.82, 2.24) is 10.2 Å². The Morgan fingerprint density at radius 2 is 2.25 bits per heavy atom. The molecule has 0 spiro atoms. The first kappa shape index (κ1) is 11.4. The molecule has 0 aromatic heterocycles. The molecule has 1 aromatic rings. The van der Waals surface area contributed by atoms with Crippen LogP contribution >= 0.6 is 11.6 Å². The van der Waals surface area contributed by atoms with E-state index in [0.29, 0.717) is 10.6 Å². The lowest BCUT2D eigenvalue weighted by Crippen LogP contribution is -2.38. The molecule has 1 atom stereocenters. The van der Waals surface area contributed by atoms with Crippen molar-refractivity contribution in [1.29, 1.82) is 0 Å². The average Bonchev–Trinajstić information content (AvgIpc) is 2.81. The van der Waals surface area contributed by atoms with E-state index >= 15 is 0 Å². The Hall–Kier alpha value is -1.06. The second-order valence-corrected chi connectivity index (χ2v) is 4.45. The minimum absolute atomic E-state index is 0.000648. The highest BCUT2D eigenvalue weighted by molar-refractivity contribution is 6.33. The van der Waals surface area contributed by atoms with Gasteiger partial charge in [0.2, 0.25) is 0 Å². The lowest BCUT2D eigenvalue weighted by molar-refractivity contribution is 0.0744. The highest BCUT2D eigenvalue weighted by Crippen LogP contribution is 2.18. The average molecular weight is 239 g/mol. The van der Waals surface area contributed by atoms with Crippen LogP contribution in [0.4, 0.5) is 0 Å². The number of benzene rings is 1. The Kier molecular flexibility index (Phi) is 3.46. The van der Waals surface area contributed by atoms with E-state index in [4.69, 9.17) is 11.6 Å². The minimum Gasteiger partial charge on any atom is -0.337 e. The summed E-state index contributed by atoms with van der Waals surface area (Å²) in [4.78, 5) is 13.9. The second-order valence-electron chi connectivity index (χ2n) is 4.04. The van der Waals surface area contributed by atoms with Gasteiger partial charge in [0.15, 0.2) is 0 Å². The third-order valence-corrected chi connectivity index (χ3v) is 3.34. The van der Waals surface area contributed by atoms with Gasteiger partial charge in [-0.2, -0.15) is 0 Å². The molecule has 2 rings (SSSR count). The number of halogens is 1. The maximum Gasteiger partial charge on any atom is 0.255 e. The summed E-state index contributed by atoms with van der Waals surface area (Å²) in [5.41, 5.74) is 0.582. The highest BCUT2D eigenvalue weighted by Gasteiger charge is 2.24. The monoisotopic (exact) mass is 238 g/mol. The van der Waals surface area contributed by atoms with E-state index in [0.717, 1.165) is 19.5 Å². The van der Waals surface area contributed by atoms with Gasteiger partial charge in [0.25, 0.3) is 5.91 Å². The number of likely N-dealkylation sites (N-methyl/N-ethyl adjacent to an activating group) is 1. The van der Waals surface area contributed by atoms with Crippen LogP contribution in [0, 0.1) is 0 Å². The fraction of sp³-hybridized carbons (Fsp3) is 0.417. The van der Waals surface area contributed by atoms with Gasteiger partial charge in [-0.1, -0.05) is 23.7 Å². The summed E-state index contributed by atoms with van der Waals surface area (Å²) in [6.07, 6.45) is 1.01. The van der Waals surface area contributed by atoms with Crippen LogP contribution < -0.4 is 5.32 Å². The number of nitrogens with zero attached hydrogens (tertiary/aromatic N) is 1. The molecule has 0 bridgehead atoms. The van der Waals surface area contributed by atoms with E-state index in [-0.39, 0.29) is 11.9 Å². The lowest BCUT2D eigenvalue weighted by Gasteiger charge is -2.24. The number of rotatable bonds is 2. The highest BCUT2D eigenvalue weighted by atomic mass is 35.5. The molecule has 1 fully saturated rings. The Bertz CT molecular complexity index is 388. The van der Waals surface area contributed by atoms with Crippen molar-refractivity contribution < 1.29 is 4.79 Å². The summed E-state index contributed by atoms with van der Waals surface area (Å²) < 4.78 is 0. The van der Waals surface area contributed by atoms with Crippen molar-refractivity contribution in [2.24, 2.45) is 0 Å². The molecule has 0 radical (unpaired) electrons.